The van der Waals surface area contributed by atoms with Crippen LogP contribution in [0.1, 0.15) is 22.3 Å². The number of likely N-dealkylation sites (N-methyl/N-ethyl adjacent to an activating group) is 1. The third kappa shape index (κ3) is 8.04. The van der Waals surface area contributed by atoms with E-state index in [0.29, 0.717) is 10.6 Å². The molecule has 0 heterocycles. The molecule has 4 aromatic rings. The SMILES string of the molecule is CNC(=O)C(Cc1ccccc1)N(Cc1cccc(Br)c1)C(=O)CN(c1cc(Cl)ccc1C)S(=O)(=O)c1ccc(C)cc1. The Hall–Kier alpha value is -3.66. The van der Waals surface area contributed by atoms with E-state index < -0.39 is 28.5 Å². The maximum absolute atomic E-state index is 14.4. The van der Waals surface area contributed by atoms with Crippen LogP contribution in [0.5, 0.6) is 0 Å². The monoisotopic (exact) mass is 681 g/mol. The van der Waals surface area contributed by atoms with Crippen LogP contribution in [-0.2, 0) is 32.6 Å². The lowest BCUT2D eigenvalue weighted by molar-refractivity contribution is -0.139. The van der Waals surface area contributed by atoms with Gasteiger partial charge in [-0.3, -0.25) is 13.9 Å². The van der Waals surface area contributed by atoms with Crippen molar-refractivity contribution >= 4 is 55.1 Å². The number of hydrogen-bond donors (Lipinski definition) is 1. The molecule has 0 aliphatic heterocycles. The summed E-state index contributed by atoms with van der Waals surface area (Å²) in [5, 5.41) is 3.02. The summed E-state index contributed by atoms with van der Waals surface area (Å²) >= 11 is 9.81. The fourth-order valence-corrected chi connectivity index (χ4v) is 6.84. The number of sulfonamides is 1. The number of halogens is 2. The van der Waals surface area contributed by atoms with Gasteiger partial charge in [0.25, 0.3) is 10.0 Å². The fourth-order valence-electron chi connectivity index (χ4n) is 4.75. The second-order valence-electron chi connectivity index (χ2n) is 10.2. The van der Waals surface area contributed by atoms with Gasteiger partial charge in [0.1, 0.15) is 12.6 Å². The Morgan fingerprint density at radius 2 is 1.56 bits per heavy atom. The van der Waals surface area contributed by atoms with Crippen LogP contribution in [0.25, 0.3) is 0 Å². The topological polar surface area (TPSA) is 86.8 Å². The second-order valence-corrected chi connectivity index (χ2v) is 13.4. The summed E-state index contributed by atoms with van der Waals surface area (Å²) in [5.41, 5.74) is 3.44. The Balaban J connectivity index is 1.82. The van der Waals surface area contributed by atoms with Crippen molar-refractivity contribution < 1.29 is 18.0 Å². The number of carbonyl (C=O) groups is 2. The van der Waals surface area contributed by atoms with Crippen LogP contribution in [0.3, 0.4) is 0 Å². The molecule has 0 fully saturated rings. The lowest BCUT2D eigenvalue weighted by Crippen LogP contribution is -2.53. The van der Waals surface area contributed by atoms with Crippen molar-refractivity contribution in [1.29, 1.82) is 0 Å². The molecule has 0 aliphatic carbocycles. The Bertz CT molecular complexity index is 1700. The van der Waals surface area contributed by atoms with Crippen molar-refractivity contribution in [2.24, 2.45) is 0 Å². The van der Waals surface area contributed by atoms with Gasteiger partial charge in [-0.05, 0) is 66.9 Å². The third-order valence-corrected chi connectivity index (χ3v) is 9.59. The molecule has 1 N–H and O–H groups in total. The summed E-state index contributed by atoms with van der Waals surface area (Å²) in [4.78, 5) is 29.2. The van der Waals surface area contributed by atoms with Gasteiger partial charge in [0.15, 0.2) is 0 Å². The zero-order valence-corrected chi connectivity index (χ0v) is 27.3. The Morgan fingerprint density at radius 3 is 2.21 bits per heavy atom. The molecule has 4 rings (SSSR count). The number of rotatable bonds is 11. The first-order valence-corrected chi connectivity index (χ1v) is 16.3. The molecule has 0 saturated carbocycles. The standard InChI is InChI=1S/C33H33BrClN3O4S/c1-23-12-16-29(17-13-23)43(41,42)38(30-20-28(35)15-14-24(30)2)22-32(39)37(21-26-10-7-11-27(34)18-26)31(33(40)36-3)19-25-8-5-4-6-9-25/h4-18,20,31H,19,21-22H2,1-3H3,(H,36,40). The number of hydrogen-bond acceptors (Lipinski definition) is 4. The number of nitrogens with zero attached hydrogens (tertiary/aromatic N) is 2. The van der Waals surface area contributed by atoms with Crippen LogP contribution in [0.4, 0.5) is 5.69 Å². The lowest BCUT2D eigenvalue weighted by Gasteiger charge is -2.34. The molecule has 1 atom stereocenters. The van der Waals surface area contributed by atoms with Crippen molar-refractivity contribution in [1.82, 2.24) is 10.2 Å². The summed E-state index contributed by atoms with van der Waals surface area (Å²) in [6.07, 6.45) is 0.237. The highest BCUT2D eigenvalue weighted by Gasteiger charge is 2.35. The molecule has 0 aliphatic rings. The predicted molar refractivity (Wildman–Crippen MR) is 175 cm³/mol. The van der Waals surface area contributed by atoms with E-state index >= 15 is 0 Å². The van der Waals surface area contributed by atoms with Crippen LogP contribution >= 0.6 is 27.5 Å². The highest BCUT2D eigenvalue weighted by Crippen LogP contribution is 2.30. The van der Waals surface area contributed by atoms with E-state index in [4.69, 9.17) is 11.6 Å². The predicted octanol–water partition coefficient (Wildman–Crippen LogP) is 6.30. The number of aryl methyl sites for hydroxylation is 2. The number of nitrogens with one attached hydrogen (secondary N) is 1. The summed E-state index contributed by atoms with van der Waals surface area (Å²) < 4.78 is 30.2. The lowest BCUT2D eigenvalue weighted by atomic mass is 10.0. The minimum Gasteiger partial charge on any atom is -0.357 e. The van der Waals surface area contributed by atoms with Gasteiger partial charge >= 0.3 is 0 Å². The Labute approximate surface area is 266 Å². The minimum absolute atomic E-state index is 0.0379. The summed E-state index contributed by atoms with van der Waals surface area (Å²) in [5.74, 6) is -0.904. The van der Waals surface area contributed by atoms with E-state index in [1.54, 1.807) is 31.2 Å². The number of carbonyl (C=O) groups excluding carboxylic acids is 2. The van der Waals surface area contributed by atoms with Crippen LogP contribution in [0, 0.1) is 13.8 Å². The highest BCUT2D eigenvalue weighted by molar-refractivity contribution is 9.10. The van der Waals surface area contributed by atoms with Gasteiger partial charge in [-0.1, -0.05) is 93.8 Å². The zero-order valence-electron chi connectivity index (χ0n) is 24.1. The smallest absolute Gasteiger partial charge is 0.264 e. The third-order valence-electron chi connectivity index (χ3n) is 7.09. The Morgan fingerprint density at radius 1 is 0.884 bits per heavy atom. The van der Waals surface area contributed by atoms with Crippen molar-refractivity contribution in [2.75, 3.05) is 17.9 Å². The molecule has 0 radical (unpaired) electrons. The number of amides is 2. The number of benzene rings is 4. The molecule has 0 aromatic heterocycles. The first kappa shape index (κ1) is 32.3. The van der Waals surface area contributed by atoms with Gasteiger partial charge in [-0.25, -0.2) is 8.42 Å². The van der Waals surface area contributed by atoms with Crippen molar-refractivity contribution in [2.45, 2.75) is 37.8 Å². The maximum Gasteiger partial charge on any atom is 0.264 e. The summed E-state index contributed by atoms with van der Waals surface area (Å²) in [7, 11) is -2.69. The molecule has 10 heteroatoms. The Kier molecular flexibility index (Phi) is 10.7. The van der Waals surface area contributed by atoms with Crippen LogP contribution < -0.4 is 9.62 Å². The zero-order chi connectivity index (χ0) is 31.1. The van der Waals surface area contributed by atoms with Gasteiger partial charge in [0, 0.05) is 29.5 Å². The molecule has 0 spiro atoms. The molecule has 224 valence electrons. The average molecular weight is 683 g/mol. The van der Waals surface area contributed by atoms with Gasteiger partial charge in [0.2, 0.25) is 11.8 Å². The molecular formula is C33H33BrClN3O4S. The van der Waals surface area contributed by atoms with E-state index in [-0.39, 0.29) is 29.5 Å². The summed E-state index contributed by atoms with van der Waals surface area (Å²) in [6, 6.07) is 27.3. The summed E-state index contributed by atoms with van der Waals surface area (Å²) in [6.45, 7) is 3.16. The van der Waals surface area contributed by atoms with Gasteiger partial charge in [-0.2, -0.15) is 0 Å². The second kappa shape index (κ2) is 14.2. The molecule has 0 bridgehead atoms. The van der Waals surface area contributed by atoms with Gasteiger partial charge in [-0.15, -0.1) is 0 Å². The molecule has 7 nitrogen and oxygen atoms in total. The largest absolute Gasteiger partial charge is 0.357 e. The van der Waals surface area contributed by atoms with Crippen LogP contribution in [-0.4, -0.2) is 44.8 Å². The van der Waals surface area contributed by atoms with E-state index in [1.165, 1.54) is 30.1 Å². The first-order valence-electron chi connectivity index (χ1n) is 13.6. The van der Waals surface area contributed by atoms with Crippen LogP contribution in [0.2, 0.25) is 5.02 Å². The van der Waals surface area contributed by atoms with E-state index in [9.17, 15) is 18.0 Å². The molecule has 43 heavy (non-hydrogen) atoms. The fraction of sp³-hybridized carbons (Fsp3) is 0.212. The average Bonchev–Trinajstić information content (AvgIpc) is 2.99. The normalized spacial score (nSPS) is 11.9. The highest BCUT2D eigenvalue weighted by atomic mass is 79.9. The number of anilines is 1. The van der Waals surface area contributed by atoms with Crippen molar-refractivity contribution in [3.8, 4) is 0 Å². The minimum atomic E-state index is -4.21. The molecule has 2 amide bonds. The maximum atomic E-state index is 14.4. The van der Waals surface area contributed by atoms with E-state index in [2.05, 4.69) is 21.2 Å². The molecule has 0 saturated heterocycles. The first-order chi connectivity index (χ1) is 20.5. The van der Waals surface area contributed by atoms with E-state index in [0.717, 1.165) is 25.5 Å². The molecule has 1 unspecified atom stereocenters. The molecule has 4 aromatic carbocycles. The molecular weight excluding hydrogens is 650 g/mol. The van der Waals surface area contributed by atoms with Gasteiger partial charge in [0.05, 0.1) is 10.6 Å². The van der Waals surface area contributed by atoms with E-state index in [1.807, 2.05) is 61.5 Å². The van der Waals surface area contributed by atoms with Crippen molar-refractivity contribution in [3.05, 3.63) is 129 Å². The van der Waals surface area contributed by atoms with Crippen LogP contribution in [0.15, 0.2) is 106 Å². The van der Waals surface area contributed by atoms with Crippen molar-refractivity contribution in [3.63, 3.8) is 0 Å². The quantitative estimate of drug-likeness (QED) is 0.201. The van der Waals surface area contributed by atoms with Gasteiger partial charge < -0.3 is 10.2 Å².